The van der Waals surface area contributed by atoms with Gasteiger partial charge in [-0.3, -0.25) is 0 Å². The highest BCUT2D eigenvalue weighted by atomic mass is 127. The molecule has 0 heterocycles. The Bertz CT molecular complexity index is 354. The second-order valence-electron chi connectivity index (χ2n) is 2.24. The lowest BCUT2D eigenvalue weighted by atomic mass is 10.2. The van der Waals surface area contributed by atoms with Crippen molar-refractivity contribution < 1.29 is 8.42 Å². The van der Waals surface area contributed by atoms with E-state index in [1.54, 1.807) is 18.2 Å². The third-order valence-corrected chi connectivity index (χ3v) is 3.49. The smallest absolute Gasteiger partial charge is 0.144 e. The van der Waals surface area contributed by atoms with E-state index in [2.05, 4.69) is 22.6 Å². The molecule has 0 bridgehead atoms. The Labute approximate surface area is 91.0 Å². The number of halogens is 2. The van der Waals surface area contributed by atoms with E-state index in [1.165, 1.54) is 0 Å². The summed E-state index contributed by atoms with van der Waals surface area (Å²) in [6.07, 6.45) is 0. The van der Waals surface area contributed by atoms with Crippen LogP contribution in [0.3, 0.4) is 0 Å². The molecule has 0 aliphatic heterocycles. The molecule has 0 fully saturated rings. The first-order valence-corrected chi connectivity index (χ1v) is 5.97. The average molecular weight is 317 g/mol. The molecule has 5 heteroatoms. The van der Waals surface area contributed by atoms with E-state index in [9.17, 15) is 8.42 Å². The van der Waals surface area contributed by atoms with Crippen LogP contribution in [-0.4, -0.2) is 8.42 Å². The summed E-state index contributed by atoms with van der Waals surface area (Å²) in [6, 6.07) is 5.24. The van der Waals surface area contributed by atoms with Crippen molar-refractivity contribution in [1.29, 1.82) is 0 Å². The maximum Gasteiger partial charge on any atom is 0.144 e. The van der Waals surface area contributed by atoms with Gasteiger partial charge in [0, 0.05) is 3.57 Å². The van der Waals surface area contributed by atoms with E-state index in [4.69, 9.17) is 11.6 Å². The van der Waals surface area contributed by atoms with Crippen molar-refractivity contribution in [1.82, 2.24) is 0 Å². The molecule has 0 saturated carbocycles. The number of rotatable bonds is 2. The minimum atomic E-state index is -2.36. The lowest BCUT2D eigenvalue weighted by molar-refractivity contribution is 0.614. The SMILES string of the molecule is O=[SH](=O)Cc1ccc(I)c(Cl)c1. The largest absolute Gasteiger partial charge is 0.232 e. The molecule has 12 heavy (non-hydrogen) atoms. The lowest BCUT2D eigenvalue weighted by Gasteiger charge is -1.97. The summed E-state index contributed by atoms with van der Waals surface area (Å²) in [5, 5.41) is 0.602. The highest BCUT2D eigenvalue weighted by Crippen LogP contribution is 2.19. The van der Waals surface area contributed by atoms with Crippen LogP contribution in [0.15, 0.2) is 18.2 Å². The quantitative estimate of drug-likeness (QED) is 0.669. The van der Waals surface area contributed by atoms with Gasteiger partial charge in [-0.25, -0.2) is 8.42 Å². The van der Waals surface area contributed by atoms with Gasteiger partial charge in [-0.05, 0) is 40.3 Å². The maximum atomic E-state index is 10.4. The van der Waals surface area contributed by atoms with Gasteiger partial charge in [0.1, 0.15) is 10.7 Å². The number of thiol groups is 1. The van der Waals surface area contributed by atoms with Gasteiger partial charge >= 0.3 is 0 Å². The van der Waals surface area contributed by atoms with Gasteiger partial charge < -0.3 is 0 Å². The summed E-state index contributed by atoms with van der Waals surface area (Å²) < 4.78 is 21.6. The molecule has 1 rings (SSSR count). The zero-order valence-corrected chi connectivity index (χ0v) is 9.77. The molecule has 0 spiro atoms. The summed E-state index contributed by atoms with van der Waals surface area (Å²) >= 11 is 7.88. The zero-order chi connectivity index (χ0) is 9.14. The first-order valence-electron chi connectivity index (χ1n) is 3.15. The van der Waals surface area contributed by atoms with Crippen LogP contribution in [0.5, 0.6) is 0 Å². The third-order valence-electron chi connectivity index (χ3n) is 1.30. The van der Waals surface area contributed by atoms with Crippen molar-refractivity contribution in [3.05, 3.63) is 32.4 Å². The molecular formula is C7H6ClIO2S. The number of hydrogen-bond acceptors (Lipinski definition) is 2. The molecule has 0 aliphatic rings. The monoisotopic (exact) mass is 316 g/mol. The van der Waals surface area contributed by atoms with Crippen molar-refractivity contribution in [2.75, 3.05) is 0 Å². The summed E-state index contributed by atoms with van der Waals surface area (Å²) in [6.45, 7) is 0. The summed E-state index contributed by atoms with van der Waals surface area (Å²) in [5.41, 5.74) is 0.733. The van der Waals surface area contributed by atoms with Gasteiger partial charge in [-0.15, -0.1) is 0 Å². The van der Waals surface area contributed by atoms with Gasteiger partial charge in [-0.2, -0.15) is 0 Å². The molecule has 0 aliphatic carbocycles. The summed E-state index contributed by atoms with van der Waals surface area (Å²) in [4.78, 5) is 0. The molecule has 0 atom stereocenters. The van der Waals surface area contributed by atoms with E-state index >= 15 is 0 Å². The molecule has 0 N–H and O–H groups in total. The Kier molecular flexibility index (Phi) is 3.79. The predicted octanol–water partition coefficient (Wildman–Crippen LogP) is 2.06. The van der Waals surface area contributed by atoms with Crippen molar-refractivity contribution in [3.63, 3.8) is 0 Å². The Balaban J connectivity index is 2.97. The Morgan fingerprint density at radius 3 is 2.58 bits per heavy atom. The standard InChI is InChI=1S/C7H6ClIO2S/c8-6-3-5(4-12(10)11)1-2-7(6)9/h1-3,12H,4H2. The van der Waals surface area contributed by atoms with Gasteiger partial charge in [0.05, 0.1) is 10.8 Å². The fraction of sp³-hybridized carbons (Fsp3) is 0.143. The molecule has 0 unspecified atom stereocenters. The maximum absolute atomic E-state index is 10.4. The fourth-order valence-corrected chi connectivity index (χ4v) is 1.82. The number of hydrogen-bond donors (Lipinski definition) is 1. The summed E-state index contributed by atoms with van der Waals surface area (Å²) in [7, 11) is -2.36. The van der Waals surface area contributed by atoms with Crippen molar-refractivity contribution in [3.8, 4) is 0 Å². The van der Waals surface area contributed by atoms with Crippen LogP contribution < -0.4 is 0 Å². The van der Waals surface area contributed by atoms with Crippen LogP contribution in [0.4, 0.5) is 0 Å². The van der Waals surface area contributed by atoms with Crippen molar-refractivity contribution in [2.45, 2.75) is 5.75 Å². The molecule has 0 aromatic heterocycles. The molecule has 0 saturated heterocycles. The third kappa shape index (κ3) is 2.91. The van der Waals surface area contributed by atoms with Gasteiger partial charge in [0.15, 0.2) is 0 Å². The minimum Gasteiger partial charge on any atom is -0.232 e. The Hall–Kier alpha value is 0.190. The fourth-order valence-electron chi connectivity index (χ4n) is 0.787. The van der Waals surface area contributed by atoms with Crippen LogP contribution in [-0.2, 0) is 16.5 Å². The average Bonchev–Trinajstić information content (AvgIpc) is 1.96. The van der Waals surface area contributed by atoms with Gasteiger partial charge in [0.25, 0.3) is 0 Å². The van der Waals surface area contributed by atoms with Crippen molar-refractivity contribution in [2.24, 2.45) is 0 Å². The minimum absolute atomic E-state index is 0.0615. The first kappa shape index (κ1) is 10.3. The second kappa shape index (κ2) is 4.43. The summed E-state index contributed by atoms with van der Waals surface area (Å²) in [5.74, 6) is 0.0615. The van der Waals surface area contributed by atoms with Crippen LogP contribution in [0.1, 0.15) is 5.56 Å². The van der Waals surface area contributed by atoms with Gasteiger partial charge in [-0.1, -0.05) is 17.7 Å². The molecule has 1 aromatic rings. The second-order valence-corrected chi connectivity index (χ2v) is 4.79. The van der Waals surface area contributed by atoms with Crippen LogP contribution in [0.25, 0.3) is 0 Å². The van der Waals surface area contributed by atoms with E-state index in [0.717, 1.165) is 9.13 Å². The normalized spacial score (nSPS) is 10.6. The van der Waals surface area contributed by atoms with Crippen LogP contribution in [0.2, 0.25) is 5.02 Å². The topological polar surface area (TPSA) is 34.1 Å². The molecule has 0 amide bonds. The molecule has 2 nitrogen and oxygen atoms in total. The van der Waals surface area contributed by atoms with Crippen LogP contribution in [0, 0.1) is 3.57 Å². The van der Waals surface area contributed by atoms with E-state index in [0.29, 0.717) is 5.02 Å². The predicted molar refractivity (Wildman–Crippen MR) is 58.2 cm³/mol. The Morgan fingerprint density at radius 1 is 1.42 bits per heavy atom. The first-order chi connectivity index (χ1) is 5.59. The highest BCUT2D eigenvalue weighted by molar-refractivity contribution is 14.1. The van der Waals surface area contributed by atoms with Gasteiger partial charge in [0.2, 0.25) is 0 Å². The van der Waals surface area contributed by atoms with Crippen molar-refractivity contribution >= 4 is 44.9 Å². The van der Waals surface area contributed by atoms with Crippen LogP contribution >= 0.6 is 34.2 Å². The molecule has 0 radical (unpaired) electrons. The zero-order valence-electron chi connectivity index (χ0n) is 5.96. The molecular weight excluding hydrogens is 310 g/mol. The van der Waals surface area contributed by atoms with E-state index in [1.807, 2.05) is 0 Å². The van der Waals surface area contributed by atoms with E-state index in [-0.39, 0.29) is 5.75 Å². The lowest BCUT2D eigenvalue weighted by Crippen LogP contribution is -1.87. The molecule has 1 aromatic carbocycles. The molecule has 66 valence electrons. The van der Waals surface area contributed by atoms with E-state index < -0.39 is 10.7 Å². The highest BCUT2D eigenvalue weighted by Gasteiger charge is 1.99. The Morgan fingerprint density at radius 2 is 2.08 bits per heavy atom. The number of benzene rings is 1.